The van der Waals surface area contributed by atoms with Crippen LogP contribution in [0.2, 0.25) is 0 Å². The Hall–Kier alpha value is -2.97. The topological polar surface area (TPSA) is 93.1 Å². The average Bonchev–Trinajstić information content (AvgIpc) is 3.30. The van der Waals surface area contributed by atoms with Gasteiger partial charge >= 0.3 is 5.97 Å². The summed E-state index contributed by atoms with van der Waals surface area (Å²) in [5.41, 5.74) is 0.591. The second kappa shape index (κ2) is 9.02. The number of aliphatic hydroxyl groups excluding tert-OH is 1. The lowest BCUT2D eigenvalue weighted by atomic mass is 9.95. The third kappa shape index (κ3) is 4.38. The standard InChI is InChI=1S/C21H21NO6S/c1-13(23)28-15-7-3-6-14(12-15)18-17(19(24)16-8-4-11-29-16)20(25)21(26)22(18)9-5-10-27-2/h3-4,6-8,11-12,18,25H,5,9-10H2,1-2H3. The Bertz CT molecular complexity index is 950. The molecule has 0 bridgehead atoms. The van der Waals surface area contributed by atoms with Gasteiger partial charge in [-0.1, -0.05) is 18.2 Å². The van der Waals surface area contributed by atoms with Crippen molar-refractivity contribution in [3.8, 4) is 5.75 Å². The molecule has 29 heavy (non-hydrogen) atoms. The van der Waals surface area contributed by atoms with E-state index in [1.165, 1.54) is 23.2 Å². The molecule has 1 aromatic heterocycles. The molecule has 1 unspecified atom stereocenters. The Morgan fingerprint density at radius 1 is 1.24 bits per heavy atom. The number of esters is 1. The van der Waals surface area contributed by atoms with Crippen molar-refractivity contribution in [3.05, 3.63) is 63.6 Å². The number of amides is 1. The molecule has 1 aromatic carbocycles. The summed E-state index contributed by atoms with van der Waals surface area (Å²) < 4.78 is 10.2. The number of hydrogen-bond acceptors (Lipinski definition) is 7. The molecular formula is C21H21NO6S. The van der Waals surface area contributed by atoms with Crippen LogP contribution in [0, 0.1) is 0 Å². The lowest BCUT2D eigenvalue weighted by Crippen LogP contribution is -2.32. The van der Waals surface area contributed by atoms with Crippen molar-refractivity contribution < 1.29 is 29.0 Å². The summed E-state index contributed by atoms with van der Waals surface area (Å²) >= 11 is 1.24. The molecule has 0 saturated heterocycles. The zero-order valence-electron chi connectivity index (χ0n) is 16.1. The predicted octanol–water partition coefficient (Wildman–Crippen LogP) is 3.29. The van der Waals surface area contributed by atoms with Gasteiger partial charge < -0.3 is 19.5 Å². The summed E-state index contributed by atoms with van der Waals surface area (Å²) in [5.74, 6) is -1.74. The van der Waals surface area contributed by atoms with Gasteiger partial charge in [-0.25, -0.2) is 0 Å². The van der Waals surface area contributed by atoms with Crippen LogP contribution in [0.5, 0.6) is 5.75 Å². The molecule has 0 radical (unpaired) electrons. The first-order valence-corrected chi connectivity index (χ1v) is 9.91. The third-order valence-corrected chi connectivity index (χ3v) is 5.34. The van der Waals surface area contributed by atoms with E-state index >= 15 is 0 Å². The second-order valence-corrected chi connectivity index (χ2v) is 7.43. The lowest BCUT2D eigenvalue weighted by molar-refractivity contribution is -0.132. The highest BCUT2D eigenvalue weighted by molar-refractivity contribution is 7.12. The minimum atomic E-state index is -0.788. The van der Waals surface area contributed by atoms with Crippen molar-refractivity contribution in [1.82, 2.24) is 4.90 Å². The van der Waals surface area contributed by atoms with Gasteiger partial charge in [-0.05, 0) is 35.6 Å². The summed E-state index contributed by atoms with van der Waals surface area (Å²) in [7, 11) is 1.56. The summed E-state index contributed by atoms with van der Waals surface area (Å²) in [5, 5.41) is 12.3. The number of hydrogen-bond donors (Lipinski definition) is 1. The molecule has 8 heteroatoms. The summed E-state index contributed by atoms with van der Waals surface area (Å²) in [6.07, 6.45) is 0.538. The molecule has 1 amide bonds. The highest BCUT2D eigenvalue weighted by Gasteiger charge is 2.43. The summed E-state index contributed by atoms with van der Waals surface area (Å²) in [6.45, 7) is 2.01. The first-order chi connectivity index (χ1) is 13.9. The number of rotatable bonds is 8. The molecule has 1 aliphatic heterocycles. The van der Waals surface area contributed by atoms with Crippen molar-refractivity contribution >= 4 is 29.0 Å². The molecule has 2 heterocycles. The molecule has 7 nitrogen and oxygen atoms in total. The lowest BCUT2D eigenvalue weighted by Gasteiger charge is -2.27. The molecule has 0 aliphatic carbocycles. The van der Waals surface area contributed by atoms with Crippen LogP contribution in [0.1, 0.15) is 34.6 Å². The Labute approximate surface area is 172 Å². The number of benzene rings is 1. The van der Waals surface area contributed by atoms with Crippen LogP contribution >= 0.6 is 11.3 Å². The van der Waals surface area contributed by atoms with Gasteiger partial charge in [0.25, 0.3) is 5.91 Å². The normalized spacial score (nSPS) is 16.4. The van der Waals surface area contributed by atoms with Crippen molar-refractivity contribution in [3.63, 3.8) is 0 Å². The first-order valence-electron chi connectivity index (χ1n) is 9.03. The Morgan fingerprint density at radius 3 is 2.69 bits per heavy atom. The van der Waals surface area contributed by atoms with E-state index in [0.29, 0.717) is 35.8 Å². The first kappa shape index (κ1) is 20.8. The van der Waals surface area contributed by atoms with Crippen LogP contribution in [0.3, 0.4) is 0 Å². The SMILES string of the molecule is COCCCN1C(=O)C(O)=C(C(=O)c2cccs2)C1c1cccc(OC(C)=O)c1. The van der Waals surface area contributed by atoms with Crippen molar-refractivity contribution in [2.24, 2.45) is 0 Å². The van der Waals surface area contributed by atoms with Gasteiger partial charge in [-0.3, -0.25) is 14.4 Å². The number of Topliss-reactive ketones (excluding diaryl/α,β-unsaturated/α-hetero) is 1. The zero-order chi connectivity index (χ0) is 21.0. The van der Waals surface area contributed by atoms with Crippen LogP contribution in [-0.2, 0) is 14.3 Å². The average molecular weight is 415 g/mol. The van der Waals surface area contributed by atoms with Crippen LogP contribution in [0.15, 0.2) is 53.1 Å². The Kier molecular flexibility index (Phi) is 6.46. The van der Waals surface area contributed by atoms with Crippen LogP contribution in [0.25, 0.3) is 0 Å². The van der Waals surface area contributed by atoms with E-state index in [4.69, 9.17) is 9.47 Å². The van der Waals surface area contributed by atoms with Crippen LogP contribution < -0.4 is 4.74 Å². The van der Waals surface area contributed by atoms with E-state index in [2.05, 4.69) is 0 Å². The zero-order valence-corrected chi connectivity index (χ0v) is 16.9. The fraction of sp³-hybridized carbons (Fsp3) is 0.286. The number of methoxy groups -OCH3 is 1. The number of nitrogens with zero attached hydrogens (tertiary/aromatic N) is 1. The second-order valence-electron chi connectivity index (χ2n) is 6.48. The number of aliphatic hydroxyl groups is 1. The molecule has 0 fully saturated rings. The molecule has 1 aliphatic rings. The maximum atomic E-state index is 13.1. The Balaban J connectivity index is 2.04. The molecule has 3 rings (SSSR count). The number of carbonyl (C=O) groups excluding carboxylic acids is 3. The van der Waals surface area contributed by atoms with Crippen molar-refractivity contribution in [2.75, 3.05) is 20.3 Å². The number of thiophene rings is 1. The number of ketones is 1. The van der Waals surface area contributed by atoms with Gasteiger partial charge in [0.15, 0.2) is 5.76 Å². The smallest absolute Gasteiger partial charge is 0.308 e. The molecule has 0 spiro atoms. The minimum Gasteiger partial charge on any atom is -0.503 e. The van der Waals surface area contributed by atoms with Crippen LogP contribution in [0.4, 0.5) is 0 Å². The van der Waals surface area contributed by atoms with E-state index < -0.39 is 29.5 Å². The predicted molar refractivity (Wildman–Crippen MR) is 107 cm³/mol. The highest BCUT2D eigenvalue weighted by atomic mass is 32.1. The third-order valence-electron chi connectivity index (χ3n) is 4.48. The fourth-order valence-electron chi connectivity index (χ4n) is 3.30. The fourth-order valence-corrected chi connectivity index (χ4v) is 3.97. The molecule has 1 N–H and O–H groups in total. The van der Waals surface area contributed by atoms with E-state index in [1.54, 1.807) is 48.9 Å². The van der Waals surface area contributed by atoms with E-state index in [0.717, 1.165) is 0 Å². The van der Waals surface area contributed by atoms with E-state index in [-0.39, 0.29) is 5.57 Å². The molecular weight excluding hydrogens is 394 g/mol. The van der Waals surface area contributed by atoms with Crippen LogP contribution in [-0.4, -0.2) is 47.9 Å². The van der Waals surface area contributed by atoms with Crippen molar-refractivity contribution in [1.29, 1.82) is 0 Å². The number of carbonyl (C=O) groups is 3. The molecule has 0 saturated carbocycles. The quantitative estimate of drug-likeness (QED) is 0.308. The molecule has 1 atom stereocenters. The number of ether oxygens (including phenoxy) is 2. The maximum absolute atomic E-state index is 13.1. The van der Waals surface area contributed by atoms with Crippen molar-refractivity contribution in [2.45, 2.75) is 19.4 Å². The van der Waals surface area contributed by atoms with Gasteiger partial charge in [0.05, 0.1) is 16.5 Å². The van der Waals surface area contributed by atoms with E-state index in [9.17, 15) is 19.5 Å². The summed E-state index contributed by atoms with van der Waals surface area (Å²) in [4.78, 5) is 39.1. The Morgan fingerprint density at radius 2 is 2.03 bits per heavy atom. The molecule has 152 valence electrons. The molecule has 2 aromatic rings. The maximum Gasteiger partial charge on any atom is 0.308 e. The van der Waals surface area contributed by atoms with Gasteiger partial charge in [0.2, 0.25) is 5.78 Å². The van der Waals surface area contributed by atoms with Gasteiger partial charge in [-0.2, -0.15) is 0 Å². The largest absolute Gasteiger partial charge is 0.503 e. The van der Waals surface area contributed by atoms with Gasteiger partial charge in [-0.15, -0.1) is 11.3 Å². The van der Waals surface area contributed by atoms with Gasteiger partial charge in [0, 0.05) is 27.2 Å². The summed E-state index contributed by atoms with van der Waals surface area (Å²) in [6, 6.07) is 9.22. The van der Waals surface area contributed by atoms with E-state index in [1.807, 2.05) is 0 Å². The van der Waals surface area contributed by atoms with Gasteiger partial charge in [0.1, 0.15) is 5.75 Å². The minimum absolute atomic E-state index is 0.0230. The monoisotopic (exact) mass is 415 g/mol. The highest BCUT2D eigenvalue weighted by Crippen LogP contribution is 2.40.